The Morgan fingerprint density at radius 1 is 0.895 bits per heavy atom. The van der Waals surface area contributed by atoms with E-state index >= 15 is 0 Å². The second kappa shape index (κ2) is 4.92. The fraction of sp³-hybridized carbons (Fsp3) is 0.647. The van der Waals surface area contributed by atoms with E-state index < -0.39 is 0 Å². The van der Waals surface area contributed by atoms with Gasteiger partial charge >= 0.3 is 0 Å². The van der Waals surface area contributed by atoms with Crippen LogP contribution in [0.1, 0.15) is 70.1 Å². The molecule has 2 nitrogen and oxygen atoms in total. The lowest BCUT2D eigenvalue weighted by Gasteiger charge is -2.42. The molecule has 0 saturated carbocycles. The van der Waals surface area contributed by atoms with Crippen LogP contribution in [0, 0.1) is 6.92 Å². The number of benzene rings is 1. The van der Waals surface area contributed by atoms with E-state index in [1.807, 2.05) is 0 Å². The molecule has 0 saturated heterocycles. The minimum Gasteiger partial charge on any atom is -0.312 e. The Labute approximate surface area is 117 Å². The molecule has 2 rings (SSSR count). The van der Waals surface area contributed by atoms with Gasteiger partial charge in [-0.25, -0.2) is 0 Å². The lowest BCUT2D eigenvalue weighted by molar-refractivity contribution is -0.241. The highest BCUT2D eigenvalue weighted by atomic mass is 16.5. The number of nitrogens with zero attached hydrogens (tertiary/aromatic N) is 1. The van der Waals surface area contributed by atoms with Gasteiger partial charge in [-0.3, -0.25) is 0 Å². The van der Waals surface area contributed by atoms with Gasteiger partial charge in [0.15, 0.2) is 0 Å². The standard InChI is InChI=1S/C17H27NO/c1-6-16(7-2)14-11-10-13(5)12-15(14)17(8-3,9-4)18(16)19/h10-12,19H,6-9H2,1-5H3. The van der Waals surface area contributed by atoms with Crippen LogP contribution in [0.15, 0.2) is 18.2 Å². The van der Waals surface area contributed by atoms with Crippen LogP contribution in [0.25, 0.3) is 0 Å². The molecule has 0 unspecified atom stereocenters. The summed E-state index contributed by atoms with van der Waals surface area (Å²) in [4.78, 5) is 0. The summed E-state index contributed by atoms with van der Waals surface area (Å²) >= 11 is 0. The zero-order valence-corrected chi connectivity index (χ0v) is 13.0. The summed E-state index contributed by atoms with van der Waals surface area (Å²) in [5.41, 5.74) is 3.52. The average Bonchev–Trinajstić information content (AvgIpc) is 2.64. The van der Waals surface area contributed by atoms with Crippen LogP contribution in [-0.4, -0.2) is 10.3 Å². The molecule has 19 heavy (non-hydrogen) atoms. The van der Waals surface area contributed by atoms with Gasteiger partial charge in [-0.1, -0.05) is 51.5 Å². The van der Waals surface area contributed by atoms with E-state index in [4.69, 9.17) is 0 Å². The first kappa shape index (κ1) is 14.5. The SMILES string of the molecule is CCC1(CC)c2ccc(C)cc2C(CC)(CC)N1O. The molecular weight excluding hydrogens is 234 g/mol. The maximum atomic E-state index is 11.0. The van der Waals surface area contributed by atoms with Crippen molar-refractivity contribution in [2.45, 2.75) is 71.4 Å². The number of hydroxylamine groups is 2. The molecule has 1 aromatic carbocycles. The highest BCUT2D eigenvalue weighted by molar-refractivity contribution is 5.46. The molecule has 1 aromatic rings. The second-order valence-electron chi connectivity index (χ2n) is 5.84. The van der Waals surface area contributed by atoms with Crippen LogP contribution < -0.4 is 0 Å². The van der Waals surface area contributed by atoms with Crippen molar-refractivity contribution in [1.29, 1.82) is 0 Å². The van der Waals surface area contributed by atoms with E-state index in [9.17, 15) is 5.21 Å². The minimum absolute atomic E-state index is 0.213. The lowest BCUT2D eigenvalue weighted by atomic mass is 9.82. The van der Waals surface area contributed by atoms with Gasteiger partial charge < -0.3 is 5.21 Å². The smallest absolute Gasteiger partial charge is 0.0717 e. The van der Waals surface area contributed by atoms with Gasteiger partial charge in [0.25, 0.3) is 0 Å². The number of rotatable bonds is 4. The third-order valence-corrected chi connectivity index (χ3v) is 5.33. The third kappa shape index (κ3) is 1.70. The van der Waals surface area contributed by atoms with Crippen molar-refractivity contribution in [2.75, 3.05) is 0 Å². The largest absolute Gasteiger partial charge is 0.312 e. The normalized spacial score (nSPS) is 20.5. The van der Waals surface area contributed by atoms with Crippen LogP contribution in [0.2, 0.25) is 0 Å². The summed E-state index contributed by atoms with van der Waals surface area (Å²) in [5.74, 6) is 0. The molecule has 0 atom stereocenters. The van der Waals surface area contributed by atoms with Crippen molar-refractivity contribution in [2.24, 2.45) is 0 Å². The summed E-state index contributed by atoms with van der Waals surface area (Å²) in [7, 11) is 0. The summed E-state index contributed by atoms with van der Waals surface area (Å²) in [6.07, 6.45) is 3.77. The molecular formula is C17H27NO. The van der Waals surface area contributed by atoms with E-state index in [2.05, 4.69) is 52.8 Å². The molecule has 1 heterocycles. The first-order chi connectivity index (χ1) is 9.02. The Kier molecular flexibility index (Phi) is 3.76. The average molecular weight is 261 g/mol. The van der Waals surface area contributed by atoms with Crippen molar-refractivity contribution < 1.29 is 5.21 Å². The maximum absolute atomic E-state index is 11.0. The zero-order chi connectivity index (χ0) is 14.3. The van der Waals surface area contributed by atoms with E-state index in [1.54, 1.807) is 5.06 Å². The van der Waals surface area contributed by atoms with E-state index in [0.29, 0.717) is 0 Å². The van der Waals surface area contributed by atoms with Crippen LogP contribution in [-0.2, 0) is 11.1 Å². The molecule has 1 aliphatic rings. The van der Waals surface area contributed by atoms with Crippen LogP contribution in [0.3, 0.4) is 0 Å². The number of hydrogen-bond donors (Lipinski definition) is 1. The quantitative estimate of drug-likeness (QED) is 0.847. The Balaban J connectivity index is 2.75. The monoisotopic (exact) mass is 261 g/mol. The number of hydrogen-bond acceptors (Lipinski definition) is 2. The number of aryl methyl sites for hydroxylation is 1. The fourth-order valence-corrected chi connectivity index (χ4v) is 3.95. The van der Waals surface area contributed by atoms with E-state index in [1.165, 1.54) is 16.7 Å². The fourth-order valence-electron chi connectivity index (χ4n) is 3.95. The van der Waals surface area contributed by atoms with Crippen molar-refractivity contribution in [3.05, 3.63) is 34.9 Å². The maximum Gasteiger partial charge on any atom is 0.0717 e. The van der Waals surface area contributed by atoms with Crippen LogP contribution in [0.5, 0.6) is 0 Å². The van der Waals surface area contributed by atoms with Gasteiger partial charge in [-0.15, -0.1) is 0 Å². The van der Waals surface area contributed by atoms with E-state index in [-0.39, 0.29) is 11.1 Å². The highest BCUT2D eigenvalue weighted by Crippen LogP contribution is 2.54. The topological polar surface area (TPSA) is 23.5 Å². The molecule has 0 fully saturated rings. The van der Waals surface area contributed by atoms with Crippen LogP contribution in [0.4, 0.5) is 0 Å². The molecule has 0 spiro atoms. The molecule has 106 valence electrons. The molecule has 0 aliphatic carbocycles. The number of fused-ring (bicyclic) bond motifs is 1. The molecule has 0 aromatic heterocycles. The van der Waals surface area contributed by atoms with Gasteiger partial charge in [0, 0.05) is 0 Å². The Hall–Kier alpha value is -0.860. The summed E-state index contributed by atoms with van der Waals surface area (Å²) in [6, 6.07) is 6.68. The van der Waals surface area contributed by atoms with Crippen molar-refractivity contribution in [3.8, 4) is 0 Å². The van der Waals surface area contributed by atoms with Crippen molar-refractivity contribution >= 4 is 0 Å². The van der Waals surface area contributed by atoms with Gasteiger partial charge in [-0.2, -0.15) is 5.06 Å². The molecule has 1 N–H and O–H groups in total. The van der Waals surface area contributed by atoms with Gasteiger partial charge in [0.2, 0.25) is 0 Å². The minimum atomic E-state index is -0.215. The first-order valence-electron chi connectivity index (χ1n) is 7.63. The third-order valence-electron chi connectivity index (χ3n) is 5.33. The first-order valence-corrected chi connectivity index (χ1v) is 7.63. The predicted octanol–water partition coefficient (Wildman–Crippen LogP) is 4.73. The Bertz CT molecular complexity index is 458. The molecule has 0 radical (unpaired) electrons. The van der Waals surface area contributed by atoms with E-state index in [0.717, 1.165) is 25.7 Å². The Morgan fingerprint density at radius 2 is 1.37 bits per heavy atom. The van der Waals surface area contributed by atoms with Gasteiger partial charge in [-0.05, 0) is 43.7 Å². The second-order valence-corrected chi connectivity index (χ2v) is 5.84. The van der Waals surface area contributed by atoms with Crippen molar-refractivity contribution in [1.82, 2.24) is 5.06 Å². The molecule has 0 bridgehead atoms. The van der Waals surface area contributed by atoms with Gasteiger partial charge in [0.05, 0.1) is 11.1 Å². The molecule has 1 aliphatic heterocycles. The zero-order valence-electron chi connectivity index (χ0n) is 13.0. The highest BCUT2D eigenvalue weighted by Gasteiger charge is 2.54. The van der Waals surface area contributed by atoms with Crippen LogP contribution >= 0.6 is 0 Å². The summed E-state index contributed by atoms with van der Waals surface area (Å²) < 4.78 is 0. The van der Waals surface area contributed by atoms with Gasteiger partial charge in [0.1, 0.15) is 0 Å². The molecule has 0 amide bonds. The Morgan fingerprint density at radius 3 is 1.84 bits per heavy atom. The molecule has 2 heteroatoms. The lowest BCUT2D eigenvalue weighted by Crippen LogP contribution is -2.48. The predicted molar refractivity (Wildman–Crippen MR) is 79.3 cm³/mol. The van der Waals surface area contributed by atoms with Crippen molar-refractivity contribution in [3.63, 3.8) is 0 Å². The summed E-state index contributed by atoms with van der Waals surface area (Å²) in [6.45, 7) is 10.9. The summed E-state index contributed by atoms with van der Waals surface area (Å²) in [5, 5.41) is 12.7.